The highest BCUT2D eigenvalue weighted by Crippen LogP contribution is 2.36. The van der Waals surface area contributed by atoms with E-state index in [-0.39, 0.29) is 0 Å². The summed E-state index contributed by atoms with van der Waals surface area (Å²) in [6.45, 7) is 1.67. The van der Waals surface area contributed by atoms with Crippen LogP contribution in [0.4, 0.5) is 0 Å². The Hall–Kier alpha value is -2.24. The average molecular weight is 326 g/mol. The zero-order valence-corrected chi connectivity index (χ0v) is 13.5. The molecule has 2 N–H and O–H groups in total. The van der Waals surface area contributed by atoms with Gasteiger partial charge in [-0.1, -0.05) is 36.4 Å². The molecule has 24 heavy (non-hydrogen) atoms. The van der Waals surface area contributed by atoms with E-state index in [0.29, 0.717) is 32.5 Å². The first-order chi connectivity index (χ1) is 11.6. The lowest BCUT2D eigenvalue weighted by atomic mass is 9.71. The number of piperidine rings is 1. The first-order valence-corrected chi connectivity index (χ1v) is 8.17. The lowest BCUT2D eigenvalue weighted by Gasteiger charge is -2.43. The van der Waals surface area contributed by atoms with Gasteiger partial charge in [0.25, 0.3) is 0 Å². The van der Waals surface area contributed by atoms with E-state index in [2.05, 4.69) is 9.88 Å². The number of carboxylic acid groups (broad SMARTS) is 1. The van der Waals surface area contributed by atoms with Crippen molar-refractivity contribution in [2.45, 2.75) is 25.5 Å². The molecule has 2 atom stereocenters. The highest BCUT2D eigenvalue weighted by Gasteiger charge is 2.48. The van der Waals surface area contributed by atoms with Crippen molar-refractivity contribution in [3.05, 3.63) is 66.0 Å². The minimum absolute atomic E-state index is 0.352. The van der Waals surface area contributed by atoms with E-state index < -0.39 is 17.5 Å². The van der Waals surface area contributed by atoms with Gasteiger partial charge in [-0.05, 0) is 36.6 Å². The van der Waals surface area contributed by atoms with Gasteiger partial charge in [-0.3, -0.25) is 14.7 Å². The van der Waals surface area contributed by atoms with Gasteiger partial charge in [-0.15, -0.1) is 0 Å². The summed E-state index contributed by atoms with van der Waals surface area (Å²) in [5.74, 6) is -0.917. The van der Waals surface area contributed by atoms with Crippen LogP contribution in [0.2, 0.25) is 0 Å². The number of aliphatic hydroxyl groups excluding tert-OH is 1. The Balaban J connectivity index is 1.72. The van der Waals surface area contributed by atoms with Gasteiger partial charge in [-0.2, -0.15) is 0 Å². The van der Waals surface area contributed by atoms with E-state index in [4.69, 9.17) is 0 Å². The van der Waals surface area contributed by atoms with Crippen molar-refractivity contribution in [2.24, 2.45) is 5.41 Å². The summed E-state index contributed by atoms with van der Waals surface area (Å²) < 4.78 is 0. The number of benzene rings is 1. The van der Waals surface area contributed by atoms with Crippen LogP contribution in [0.15, 0.2) is 54.9 Å². The van der Waals surface area contributed by atoms with Gasteiger partial charge >= 0.3 is 5.97 Å². The predicted molar refractivity (Wildman–Crippen MR) is 90.4 cm³/mol. The molecule has 5 nitrogen and oxygen atoms in total. The maximum atomic E-state index is 12.0. The van der Waals surface area contributed by atoms with Crippen LogP contribution in [0, 0.1) is 5.41 Å². The maximum absolute atomic E-state index is 12.0. The Kier molecular flexibility index (Phi) is 4.92. The van der Waals surface area contributed by atoms with Gasteiger partial charge in [0.2, 0.25) is 0 Å². The molecule has 0 spiro atoms. The van der Waals surface area contributed by atoms with E-state index in [0.717, 1.165) is 11.1 Å². The fourth-order valence-corrected chi connectivity index (χ4v) is 3.42. The van der Waals surface area contributed by atoms with Crippen molar-refractivity contribution in [3.8, 4) is 0 Å². The van der Waals surface area contributed by atoms with E-state index in [1.165, 1.54) is 0 Å². The highest BCUT2D eigenvalue weighted by molar-refractivity contribution is 5.76. The molecule has 1 aliphatic rings. The van der Waals surface area contributed by atoms with Crippen LogP contribution in [-0.2, 0) is 17.8 Å². The third kappa shape index (κ3) is 3.47. The van der Waals surface area contributed by atoms with Gasteiger partial charge in [0.05, 0.1) is 6.10 Å². The van der Waals surface area contributed by atoms with E-state index in [1.807, 2.05) is 42.5 Å². The number of rotatable bonds is 5. The molecule has 0 unspecified atom stereocenters. The zero-order chi connectivity index (χ0) is 17.0. The highest BCUT2D eigenvalue weighted by atomic mass is 16.4. The van der Waals surface area contributed by atoms with Crippen molar-refractivity contribution in [3.63, 3.8) is 0 Å². The molecule has 0 aliphatic carbocycles. The second-order valence-corrected chi connectivity index (χ2v) is 6.49. The van der Waals surface area contributed by atoms with E-state index >= 15 is 0 Å². The summed E-state index contributed by atoms with van der Waals surface area (Å²) in [5, 5.41) is 20.5. The van der Waals surface area contributed by atoms with Crippen molar-refractivity contribution in [1.29, 1.82) is 0 Å². The second-order valence-electron chi connectivity index (χ2n) is 6.49. The van der Waals surface area contributed by atoms with Crippen molar-refractivity contribution in [1.82, 2.24) is 9.88 Å². The number of nitrogens with zero attached hydrogens (tertiary/aromatic N) is 2. The molecular weight excluding hydrogens is 304 g/mol. The monoisotopic (exact) mass is 326 g/mol. The SMILES string of the molecule is O=C(O)[C@@]1(Cc2ccccc2)CCN(Cc2cccnc2)C[C@H]1O. The van der Waals surface area contributed by atoms with Gasteiger partial charge < -0.3 is 10.2 Å². The summed E-state index contributed by atoms with van der Waals surface area (Å²) in [5.41, 5.74) is 0.891. The van der Waals surface area contributed by atoms with Gasteiger partial charge in [-0.25, -0.2) is 0 Å². The maximum Gasteiger partial charge on any atom is 0.312 e. The van der Waals surface area contributed by atoms with Gasteiger partial charge in [0.15, 0.2) is 0 Å². The fourth-order valence-electron chi connectivity index (χ4n) is 3.42. The van der Waals surface area contributed by atoms with Crippen LogP contribution < -0.4 is 0 Å². The van der Waals surface area contributed by atoms with Crippen LogP contribution in [-0.4, -0.2) is 45.3 Å². The Bertz CT molecular complexity index is 678. The third-order valence-electron chi connectivity index (χ3n) is 4.86. The first-order valence-electron chi connectivity index (χ1n) is 8.17. The zero-order valence-electron chi connectivity index (χ0n) is 13.5. The second kappa shape index (κ2) is 7.11. The van der Waals surface area contributed by atoms with Crippen LogP contribution in [0.3, 0.4) is 0 Å². The molecule has 2 aromatic rings. The summed E-state index contributed by atoms with van der Waals surface area (Å²) in [6.07, 6.45) is 3.41. The molecule has 3 rings (SSSR count). The largest absolute Gasteiger partial charge is 0.481 e. The van der Waals surface area contributed by atoms with Gasteiger partial charge in [0.1, 0.15) is 5.41 Å². The number of aromatic nitrogens is 1. The molecule has 0 saturated carbocycles. The number of aliphatic hydroxyl groups is 1. The van der Waals surface area contributed by atoms with E-state index in [1.54, 1.807) is 12.4 Å². The number of β-amino-alcohol motifs (C(OH)–C–C–N with tert-alkyl or cyclic N) is 1. The number of likely N-dealkylation sites (tertiary alicyclic amines) is 1. The predicted octanol–water partition coefficient (Wildman–Crippen LogP) is 1.96. The average Bonchev–Trinajstić information content (AvgIpc) is 2.59. The van der Waals surface area contributed by atoms with Gasteiger partial charge in [0, 0.05) is 25.5 Å². The number of hydrogen-bond acceptors (Lipinski definition) is 4. The molecule has 0 bridgehead atoms. The molecule has 5 heteroatoms. The van der Waals surface area contributed by atoms with Crippen LogP contribution in [0.5, 0.6) is 0 Å². The molecule has 1 aromatic carbocycles. The minimum Gasteiger partial charge on any atom is -0.481 e. The summed E-state index contributed by atoms with van der Waals surface area (Å²) >= 11 is 0. The Morgan fingerprint density at radius 3 is 2.58 bits per heavy atom. The molecule has 2 heterocycles. The lowest BCUT2D eigenvalue weighted by molar-refractivity contribution is -0.163. The summed E-state index contributed by atoms with van der Waals surface area (Å²) in [7, 11) is 0. The number of carbonyl (C=O) groups is 1. The first kappa shape index (κ1) is 16.6. The van der Waals surface area contributed by atoms with Crippen molar-refractivity contribution >= 4 is 5.97 Å². The Morgan fingerprint density at radius 1 is 1.21 bits per heavy atom. The number of hydrogen-bond donors (Lipinski definition) is 2. The standard InChI is InChI=1S/C19H22N2O3/c22-17-14-21(13-16-7-4-9-20-12-16)10-8-19(17,18(23)24)11-15-5-2-1-3-6-15/h1-7,9,12,17,22H,8,10-11,13-14H2,(H,23,24)/t17-,19-/m1/s1. The molecule has 0 radical (unpaired) electrons. The van der Waals surface area contributed by atoms with E-state index in [9.17, 15) is 15.0 Å². The molecule has 1 aliphatic heterocycles. The summed E-state index contributed by atoms with van der Waals surface area (Å²) in [4.78, 5) is 18.2. The topological polar surface area (TPSA) is 73.7 Å². The quantitative estimate of drug-likeness (QED) is 0.879. The molecule has 0 amide bonds. The number of carboxylic acids is 1. The fraction of sp³-hybridized carbons (Fsp3) is 0.368. The Labute approximate surface area is 141 Å². The number of aliphatic carboxylic acids is 1. The van der Waals surface area contributed by atoms with Crippen molar-refractivity contribution in [2.75, 3.05) is 13.1 Å². The molecule has 1 aromatic heterocycles. The lowest BCUT2D eigenvalue weighted by Crippen LogP contribution is -2.55. The number of pyridine rings is 1. The molecule has 1 fully saturated rings. The third-order valence-corrected chi connectivity index (χ3v) is 4.86. The summed E-state index contributed by atoms with van der Waals surface area (Å²) in [6, 6.07) is 13.4. The van der Waals surface area contributed by atoms with Crippen LogP contribution in [0.1, 0.15) is 17.5 Å². The van der Waals surface area contributed by atoms with Crippen LogP contribution in [0.25, 0.3) is 0 Å². The molecular formula is C19H22N2O3. The minimum atomic E-state index is -1.12. The van der Waals surface area contributed by atoms with Crippen LogP contribution >= 0.6 is 0 Å². The molecule has 1 saturated heterocycles. The molecule has 126 valence electrons. The smallest absolute Gasteiger partial charge is 0.312 e. The normalized spacial score (nSPS) is 24.6. The van der Waals surface area contributed by atoms with Crippen molar-refractivity contribution < 1.29 is 15.0 Å². The Morgan fingerprint density at radius 2 is 1.96 bits per heavy atom.